The van der Waals surface area contributed by atoms with Crippen LogP contribution in [0.25, 0.3) is 0 Å². The van der Waals surface area contributed by atoms with Gasteiger partial charge in [-0.1, -0.05) is 18.2 Å². The molecule has 0 aliphatic rings. The molecule has 0 aromatic heterocycles. The maximum atomic E-state index is 10.5. The van der Waals surface area contributed by atoms with Gasteiger partial charge in [-0.05, 0) is 12.5 Å². The van der Waals surface area contributed by atoms with E-state index < -0.39 is 18.0 Å². The summed E-state index contributed by atoms with van der Waals surface area (Å²) in [6, 6.07) is -1.11. The minimum absolute atomic E-state index is 0.149. The predicted octanol–water partition coefficient (Wildman–Crippen LogP) is 0.375. The predicted molar refractivity (Wildman–Crippen MR) is 50.8 cm³/mol. The molecule has 0 spiro atoms. The molecule has 4 N–H and O–H groups in total. The van der Waals surface area contributed by atoms with E-state index in [0.717, 1.165) is 0 Å². The van der Waals surface area contributed by atoms with Crippen molar-refractivity contribution in [2.45, 2.75) is 19.4 Å². The lowest BCUT2D eigenvalue weighted by molar-refractivity contribution is -0.137. The van der Waals surface area contributed by atoms with Gasteiger partial charge >= 0.3 is 11.9 Å². The van der Waals surface area contributed by atoms with Gasteiger partial charge in [0.1, 0.15) is 6.04 Å². The second-order valence-corrected chi connectivity index (χ2v) is 2.60. The third-order valence-corrected chi connectivity index (χ3v) is 1.56. The molecule has 0 aromatic carbocycles. The first-order valence-electron chi connectivity index (χ1n) is 4.02. The number of allylic oxidation sites excluding steroid dienone is 1. The van der Waals surface area contributed by atoms with Crippen molar-refractivity contribution in [2.75, 3.05) is 0 Å². The fourth-order valence-electron chi connectivity index (χ4n) is 0.818. The van der Waals surface area contributed by atoms with Crippen molar-refractivity contribution in [2.24, 2.45) is 5.73 Å². The third kappa shape index (κ3) is 4.42. The highest BCUT2D eigenvalue weighted by Crippen LogP contribution is 2.03. The van der Waals surface area contributed by atoms with E-state index in [9.17, 15) is 9.59 Å². The molecule has 0 saturated heterocycles. The summed E-state index contributed by atoms with van der Waals surface area (Å²) in [5.74, 6) is -2.11. The SMILES string of the molecule is C/C=C(\C=C/CC(=O)O)[C@@H](N)C(=O)O. The number of hydrogen-bond acceptors (Lipinski definition) is 3. The van der Waals surface area contributed by atoms with Crippen LogP contribution >= 0.6 is 0 Å². The van der Waals surface area contributed by atoms with Crippen LogP contribution in [0.2, 0.25) is 0 Å². The van der Waals surface area contributed by atoms with E-state index in [-0.39, 0.29) is 6.42 Å². The van der Waals surface area contributed by atoms with E-state index in [1.165, 1.54) is 18.2 Å². The molecule has 0 heterocycles. The molecular weight excluding hydrogens is 186 g/mol. The van der Waals surface area contributed by atoms with Crippen LogP contribution in [0.3, 0.4) is 0 Å². The minimum atomic E-state index is -1.14. The average molecular weight is 199 g/mol. The van der Waals surface area contributed by atoms with Gasteiger partial charge in [-0.15, -0.1) is 0 Å². The van der Waals surface area contributed by atoms with Gasteiger partial charge in [0.25, 0.3) is 0 Å². The molecule has 0 amide bonds. The Morgan fingerprint density at radius 1 is 1.43 bits per heavy atom. The fraction of sp³-hybridized carbons (Fsp3) is 0.333. The van der Waals surface area contributed by atoms with Gasteiger partial charge in [0.15, 0.2) is 0 Å². The highest BCUT2D eigenvalue weighted by Gasteiger charge is 2.13. The average Bonchev–Trinajstić information content (AvgIpc) is 2.10. The lowest BCUT2D eigenvalue weighted by Gasteiger charge is -2.06. The maximum absolute atomic E-state index is 10.5. The summed E-state index contributed by atoms with van der Waals surface area (Å²) in [6.45, 7) is 1.64. The van der Waals surface area contributed by atoms with Crippen LogP contribution in [0.1, 0.15) is 13.3 Å². The molecule has 0 saturated carbocycles. The number of hydrogen-bond donors (Lipinski definition) is 3. The Morgan fingerprint density at radius 2 is 2.00 bits per heavy atom. The van der Waals surface area contributed by atoms with Crippen molar-refractivity contribution in [1.82, 2.24) is 0 Å². The van der Waals surface area contributed by atoms with E-state index in [0.29, 0.717) is 5.57 Å². The summed E-state index contributed by atoms with van der Waals surface area (Å²) in [7, 11) is 0. The van der Waals surface area contributed by atoms with Crippen molar-refractivity contribution in [1.29, 1.82) is 0 Å². The standard InChI is InChI=1S/C9H13NO4/c1-2-6(8(10)9(13)14)4-3-5-7(11)12/h2-4,8H,5,10H2,1H3,(H,11,12)(H,13,14)/b4-3-,6-2+/t8-/m1/s1. The number of rotatable bonds is 5. The van der Waals surface area contributed by atoms with Crippen LogP contribution in [0, 0.1) is 0 Å². The summed E-state index contributed by atoms with van der Waals surface area (Å²) in [4.78, 5) is 20.6. The molecule has 1 atom stereocenters. The number of nitrogens with two attached hydrogens (primary N) is 1. The van der Waals surface area contributed by atoms with Gasteiger partial charge < -0.3 is 15.9 Å². The van der Waals surface area contributed by atoms with Gasteiger partial charge in [-0.25, -0.2) is 0 Å². The van der Waals surface area contributed by atoms with Crippen LogP contribution < -0.4 is 5.73 Å². The second-order valence-electron chi connectivity index (χ2n) is 2.60. The first-order chi connectivity index (χ1) is 6.49. The van der Waals surface area contributed by atoms with E-state index in [2.05, 4.69) is 0 Å². The summed E-state index contributed by atoms with van der Waals surface area (Å²) in [6.07, 6.45) is 4.16. The first-order valence-corrected chi connectivity index (χ1v) is 4.02. The summed E-state index contributed by atoms with van der Waals surface area (Å²) >= 11 is 0. The highest BCUT2D eigenvalue weighted by molar-refractivity contribution is 5.78. The largest absolute Gasteiger partial charge is 0.481 e. The van der Waals surface area contributed by atoms with Gasteiger partial charge in [-0.2, -0.15) is 0 Å². The maximum Gasteiger partial charge on any atom is 0.325 e. The summed E-state index contributed by atoms with van der Waals surface area (Å²) in [5.41, 5.74) is 5.71. The molecule has 0 unspecified atom stereocenters. The highest BCUT2D eigenvalue weighted by atomic mass is 16.4. The van der Waals surface area contributed by atoms with Crippen molar-refractivity contribution in [3.63, 3.8) is 0 Å². The van der Waals surface area contributed by atoms with Crippen molar-refractivity contribution < 1.29 is 19.8 Å². The van der Waals surface area contributed by atoms with Gasteiger partial charge in [0.2, 0.25) is 0 Å². The lowest BCUT2D eigenvalue weighted by atomic mass is 10.1. The Kier molecular flexibility index (Phi) is 5.24. The molecule has 0 radical (unpaired) electrons. The van der Waals surface area contributed by atoms with Crippen LogP contribution in [-0.4, -0.2) is 28.2 Å². The molecule has 78 valence electrons. The van der Waals surface area contributed by atoms with E-state index in [4.69, 9.17) is 15.9 Å². The molecule has 0 aliphatic carbocycles. The Balaban J connectivity index is 4.38. The molecule has 0 rings (SSSR count). The molecule has 0 aromatic rings. The molecule has 0 aliphatic heterocycles. The minimum Gasteiger partial charge on any atom is -0.481 e. The monoisotopic (exact) mass is 199 g/mol. The molecule has 5 nitrogen and oxygen atoms in total. The lowest BCUT2D eigenvalue weighted by Crippen LogP contribution is -2.31. The van der Waals surface area contributed by atoms with E-state index in [1.54, 1.807) is 6.92 Å². The third-order valence-electron chi connectivity index (χ3n) is 1.56. The smallest absolute Gasteiger partial charge is 0.325 e. The fourth-order valence-corrected chi connectivity index (χ4v) is 0.818. The molecule has 0 bridgehead atoms. The van der Waals surface area contributed by atoms with Crippen molar-refractivity contribution >= 4 is 11.9 Å². The van der Waals surface area contributed by atoms with Crippen molar-refractivity contribution in [3.05, 3.63) is 23.8 Å². The zero-order chi connectivity index (χ0) is 11.1. The van der Waals surface area contributed by atoms with Crippen LogP contribution in [-0.2, 0) is 9.59 Å². The zero-order valence-corrected chi connectivity index (χ0v) is 7.80. The molecule has 0 fully saturated rings. The van der Waals surface area contributed by atoms with E-state index in [1.807, 2.05) is 0 Å². The number of carbonyl (C=O) groups is 2. The zero-order valence-electron chi connectivity index (χ0n) is 7.80. The topological polar surface area (TPSA) is 101 Å². The normalized spacial score (nSPS) is 14.3. The van der Waals surface area contributed by atoms with E-state index >= 15 is 0 Å². The Labute approximate surface area is 81.5 Å². The number of carboxylic acids is 2. The van der Waals surface area contributed by atoms with Gasteiger partial charge in [-0.3, -0.25) is 9.59 Å². The molecular formula is C9H13NO4. The van der Waals surface area contributed by atoms with Crippen LogP contribution in [0.5, 0.6) is 0 Å². The van der Waals surface area contributed by atoms with Gasteiger partial charge in [0, 0.05) is 0 Å². The van der Waals surface area contributed by atoms with Crippen LogP contribution in [0.4, 0.5) is 0 Å². The van der Waals surface area contributed by atoms with Crippen molar-refractivity contribution in [3.8, 4) is 0 Å². The molecule has 14 heavy (non-hydrogen) atoms. The number of carboxylic acid groups (broad SMARTS) is 2. The first kappa shape index (κ1) is 12.4. The molecule has 5 heteroatoms. The second kappa shape index (κ2) is 5.93. The number of aliphatic carboxylic acids is 2. The Hall–Kier alpha value is -1.62. The van der Waals surface area contributed by atoms with Crippen LogP contribution in [0.15, 0.2) is 23.8 Å². The van der Waals surface area contributed by atoms with Gasteiger partial charge in [0.05, 0.1) is 6.42 Å². The summed E-state index contributed by atoms with van der Waals surface area (Å²) in [5, 5.41) is 16.9. The summed E-state index contributed by atoms with van der Waals surface area (Å²) < 4.78 is 0. The quantitative estimate of drug-likeness (QED) is 0.555. The Bertz CT molecular complexity index is 281. The Morgan fingerprint density at radius 3 is 2.36 bits per heavy atom.